The highest BCUT2D eigenvalue weighted by Gasteiger charge is 2.38. The maximum atomic E-state index is 13.1. The zero-order chi connectivity index (χ0) is 22.4. The van der Waals surface area contributed by atoms with Crippen LogP contribution >= 0.6 is 23.4 Å². The van der Waals surface area contributed by atoms with E-state index in [4.69, 9.17) is 22.1 Å². The first-order valence-electron chi connectivity index (χ1n) is 9.51. The Balaban J connectivity index is 2.30. The lowest BCUT2D eigenvalue weighted by Crippen LogP contribution is -2.30. The van der Waals surface area contributed by atoms with Crippen LogP contribution in [0.2, 0.25) is 5.02 Å². The molecule has 31 heavy (non-hydrogen) atoms. The lowest BCUT2D eigenvalue weighted by molar-refractivity contribution is -0.138. The summed E-state index contributed by atoms with van der Waals surface area (Å²) in [5, 5.41) is 14.1. The minimum Gasteiger partial charge on any atom is -0.463 e. The molecule has 0 saturated heterocycles. The zero-order valence-corrected chi connectivity index (χ0v) is 18.3. The zero-order valence-electron chi connectivity index (χ0n) is 16.7. The van der Waals surface area contributed by atoms with Gasteiger partial charge < -0.3 is 15.8 Å². The Kier molecular flexibility index (Phi) is 7.40. The second-order valence-electron chi connectivity index (χ2n) is 6.56. The van der Waals surface area contributed by atoms with Crippen molar-refractivity contribution in [2.45, 2.75) is 12.8 Å². The molecule has 3 N–H and O–H groups in total. The van der Waals surface area contributed by atoms with Crippen LogP contribution in [0.1, 0.15) is 24.0 Å². The number of esters is 1. The summed E-state index contributed by atoms with van der Waals surface area (Å²) in [5.41, 5.74) is 7.69. The minimum atomic E-state index is -0.774. The summed E-state index contributed by atoms with van der Waals surface area (Å²) in [7, 11) is 0. The summed E-state index contributed by atoms with van der Waals surface area (Å²) >= 11 is 7.60. The van der Waals surface area contributed by atoms with E-state index in [0.29, 0.717) is 21.3 Å². The largest absolute Gasteiger partial charge is 0.463 e. The van der Waals surface area contributed by atoms with E-state index in [0.717, 1.165) is 17.3 Å². The number of amides is 1. The molecule has 0 spiro atoms. The molecule has 0 radical (unpaired) electrons. The van der Waals surface area contributed by atoms with Gasteiger partial charge in [0.2, 0.25) is 5.91 Å². The monoisotopic (exact) mass is 453 g/mol. The van der Waals surface area contributed by atoms with Crippen LogP contribution in [0, 0.1) is 11.3 Å². The van der Waals surface area contributed by atoms with Gasteiger partial charge in [-0.15, -0.1) is 0 Å². The topological polar surface area (TPSA) is 105 Å². The van der Waals surface area contributed by atoms with Gasteiger partial charge >= 0.3 is 5.97 Å². The Bertz CT molecular complexity index is 1110. The third-order valence-electron chi connectivity index (χ3n) is 4.58. The summed E-state index contributed by atoms with van der Waals surface area (Å²) in [6.07, 6.45) is 0. The Hall–Kier alpha value is -3.21. The first-order valence-corrected chi connectivity index (χ1v) is 10.9. The second kappa shape index (κ2) is 10.2. The van der Waals surface area contributed by atoms with Gasteiger partial charge in [-0.3, -0.25) is 4.79 Å². The van der Waals surface area contributed by atoms with Crippen molar-refractivity contribution in [2.75, 3.05) is 12.4 Å². The van der Waals surface area contributed by atoms with Gasteiger partial charge in [-0.05, 0) is 24.1 Å². The molecule has 0 aliphatic carbocycles. The fraction of sp³-hybridized carbons (Fsp3) is 0.174. The van der Waals surface area contributed by atoms with Crippen molar-refractivity contribution in [1.82, 2.24) is 5.32 Å². The van der Waals surface area contributed by atoms with E-state index >= 15 is 0 Å². The Labute approximate surface area is 189 Å². The summed E-state index contributed by atoms with van der Waals surface area (Å²) in [4.78, 5) is 24.5. The SMILES string of the molecule is CCOC(=O)C1=C(c2ccccc2)NC(SCC(N)=O)=C(C#N)[C@@H]1c1ccccc1Cl. The van der Waals surface area contributed by atoms with E-state index < -0.39 is 17.8 Å². The van der Waals surface area contributed by atoms with Crippen molar-refractivity contribution in [2.24, 2.45) is 5.73 Å². The number of rotatable bonds is 7. The molecule has 0 unspecified atom stereocenters. The maximum Gasteiger partial charge on any atom is 0.337 e. The van der Waals surface area contributed by atoms with Crippen LogP contribution in [0.15, 0.2) is 70.8 Å². The van der Waals surface area contributed by atoms with Gasteiger partial charge in [0.15, 0.2) is 0 Å². The summed E-state index contributed by atoms with van der Waals surface area (Å²) in [6, 6.07) is 18.5. The van der Waals surface area contributed by atoms with E-state index in [9.17, 15) is 14.9 Å². The molecule has 2 aromatic rings. The predicted octanol–water partition coefficient (Wildman–Crippen LogP) is 3.95. The first-order chi connectivity index (χ1) is 15.0. The van der Waals surface area contributed by atoms with Gasteiger partial charge in [0.25, 0.3) is 0 Å². The van der Waals surface area contributed by atoms with Crippen molar-refractivity contribution in [3.63, 3.8) is 0 Å². The molecular formula is C23H20ClN3O3S. The first kappa shape index (κ1) is 22.5. The second-order valence-corrected chi connectivity index (χ2v) is 7.96. The van der Waals surface area contributed by atoms with E-state index in [2.05, 4.69) is 11.4 Å². The molecule has 0 saturated carbocycles. The minimum absolute atomic E-state index is 0.0282. The van der Waals surface area contributed by atoms with Crippen LogP contribution < -0.4 is 11.1 Å². The van der Waals surface area contributed by atoms with Gasteiger partial charge in [0, 0.05) is 5.02 Å². The molecule has 1 heterocycles. The summed E-state index contributed by atoms with van der Waals surface area (Å²) in [6.45, 7) is 1.89. The van der Waals surface area contributed by atoms with Gasteiger partial charge in [0.1, 0.15) is 0 Å². The van der Waals surface area contributed by atoms with Gasteiger partial charge in [-0.2, -0.15) is 5.26 Å². The quantitative estimate of drug-likeness (QED) is 0.615. The molecular weight excluding hydrogens is 434 g/mol. The standard InChI is InChI=1S/C23H20ClN3O3S/c1-2-30-23(29)20-19(15-10-6-7-11-17(15)24)16(12-25)22(31-13-18(26)28)27-21(20)14-8-4-3-5-9-14/h3-11,19,27H,2,13H2,1H3,(H2,26,28)/t19-/m0/s1. The molecule has 2 aromatic carbocycles. The predicted molar refractivity (Wildman–Crippen MR) is 122 cm³/mol. The third-order valence-corrected chi connectivity index (χ3v) is 5.97. The molecule has 158 valence electrons. The summed E-state index contributed by atoms with van der Waals surface area (Å²) < 4.78 is 5.36. The van der Waals surface area contributed by atoms with Gasteiger partial charge in [-0.1, -0.05) is 71.9 Å². The molecule has 3 rings (SSSR count). The molecule has 0 aromatic heterocycles. The number of halogens is 1. The van der Waals surface area contributed by atoms with Crippen molar-refractivity contribution in [1.29, 1.82) is 5.26 Å². The number of hydrogen-bond acceptors (Lipinski definition) is 6. The number of nitriles is 1. The average Bonchev–Trinajstić information content (AvgIpc) is 2.77. The van der Waals surface area contributed by atoms with E-state index in [1.54, 1.807) is 31.2 Å². The number of benzene rings is 2. The maximum absolute atomic E-state index is 13.1. The fourth-order valence-corrected chi connectivity index (χ4v) is 4.35. The molecule has 0 fully saturated rings. The van der Waals surface area contributed by atoms with Crippen LogP contribution in [0.4, 0.5) is 0 Å². The third kappa shape index (κ3) is 4.93. The molecule has 8 heteroatoms. The highest BCUT2D eigenvalue weighted by molar-refractivity contribution is 8.03. The average molecular weight is 454 g/mol. The number of thioether (sulfide) groups is 1. The lowest BCUT2D eigenvalue weighted by atomic mass is 9.81. The Morgan fingerprint density at radius 2 is 1.87 bits per heavy atom. The number of allylic oxidation sites excluding steroid dienone is 1. The van der Waals surface area contributed by atoms with E-state index in [-0.39, 0.29) is 23.5 Å². The number of carbonyl (C=O) groups excluding carboxylic acids is 2. The van der Waals surface area contributed by atoms with Crippen molar-refractivity contribution in [3.05, 3.63) is 86.9 Å². The number of nitrogens with two attached hydrogens (primary N) is 1. The number of nitrogens with zero attached hydrogens (tertiary/aromatic N) is 1. The number of nitrogens with one attached hydrogen (secondary N) is 1. The van der Waals surface area contributed by atoms with Crippen LogP contribution in [-0.2, 0) is 14.3 Å². The molecule has 1 aliphatic heterocycles. The van der Waals surface area contributed by atoms with E-state index in [1.165, 1.54) is 0 Å². The highest BCUT2D eigenvalue weighted by atomic mass is 35.5. The molecule has 0 bridgehead atoms. The lowest BCUT2D eigenvalue weighted by Gasteiger charge is -2.31. The number of dihydropyridines is 1. The number of hydrogen-bond donors (Lipinski definition) is 2. The highest BCUT2D eigenvalue weighted by Crippen LogP contribution is 2.45. The number of primary amides is 1. The molecule has 1 amide bonds. The van der Waals surface area contributed by atoms with Crippen molar-refractivity contribution >= 4 is 40.9 Å². The number of ether oxygens (including phenoxy) is 1. The van der Waals surface area contributed by atoms with Crippen LogP contribution in [0.25, 0.3) is 5.70 Å². The van der Waals surface area contributed by atoms with E-state index in [1.807, 2.05) is 30.3 Å². The Morgan fingerprint density at radius 3 is 2.48 bits per heavy atom. The Morgan fingerprint density at radius 1 is 1.19 bits per heavy atom. The number of carbonyl (C=O) groups is 2. The molecule has 1 aliphatic rings. The van der Waals surface area contributed by atoms with Crippen molar-refractivity contribution in [3.8, 4) is 6.07 Å². The van der Waals surface area contributed by atoms with Gasteiger partial charge in [0.05, 0.1) is 46.2 Å². The molecule has 1 atom stereocenters. The smallest absolute Gasteiger partial charge is 0.337 e. The fourth-order valence-electron chi connectivity index (χ4n) is 3.32. The van der Waals surface area contributed by atoms with Crippen LogP contribution in [0.5, 0.6) is 0 Å². The van der Waals surface area contributed by atoms with Crippen molar-refractivity contribution < 1.29 is 14.3 Å². The summed E-state index contributed by atoms with van der Waals surface area (Å²) in [5.74, 6) is -1.87. The molecule has 6 nitrogen and oxygen atoms in total. The van der Waals surface area contributed by atoms with Crippen LogP contribution in [-0.4, -0.2) is 24.2 Å². The van der Waals surface area contributed by atoms with Crippen LogP contribution in [0.3, 0.4) is 0 Å². The normalized spacial score (nSPS) is 15.8. The van der Waals surface area contributed by atoms with Gasteiger partial charge in [-0.25, -0.2) is 4.79 Å².